The van der Waals surface area contributed by atoms with Gasteiger partial charge < -0.3 is 11.1 Å². The summed E-state index contributed by atoms with van der Waals surface area (Å²) >= 11 is 5.70. The molecule has 0 aliphatic rings. The highest BCUT2D eigenvalue weighted by Gasteiger charge is 2.20. The smallest absolute Gasteiger partial charge is 0.283 e. The molecule has 8 nitrogen and oxygen atoms in total. The molecule has 0 aliphatic heterocycles. The van der Waals surface area contributed by atoms with Gasteiger partial charge in [0.25, 0.3) is 11.6 Å². The number of hydrogen-bond acceptors (Lipinski definition) is 5. The lowest BCUT2D eigenvalue weighted by Gasteiger charge is -2.06. The van der Waals surface area contributed by atoms with E-state index in [9.17, 15) is 14.9 Å². The molecule has 1 aromatic heterocycles. The Kier molecular flexibility index (Phi) is 4.08. The van der Waals surface area contributed by atoms with Crippen molar-refractivity contribution >= 4 is 29.0 Å². The molecule has 0 atom stereocenters. The minimum atomic E-state index is -0.654. The number of carbonyl (C=O) groups is 1. The fourth-order valence-electron chi connectivity index (χ4n) is 1.75. The Balaban J connectivity index is 2.17. The number of nitrogen functional groups attached to an aromatic ring is 1. The standard InChI is InChI=1S/C12H12ClN5O3/c1-17-11(14)7(6-16-17)5-15-12(19)9-3-2-8(13)4-10(9)18(20)21/h2-4,6H,5,14H2,1H3,(H,15,19). The van der Waals surface area contributed by atoms with Crippen molar-refractivity contribution in [2.45, 2.75) is 6.54 Å². The SMILES string of the molecule is Cn1ncc(CNC(=O)c2ccc(Cl)cc2[N+](=O)[O-])c1N. The summed E-state index contributed by atoms with van der Waals surface area (Å²) in [6, 6.07) is 3.86. The van der Waals surface area contributed by atoms with Crippen LogP contribution in [0.15, 0.2) is 24.4 Å². The zero-order valence-electron chi connectivity index (χ0n) is 11.0. The molecule has 9 heteroatoms. The van der Waals surface area contributed by atoms with Gasteiger partial charge in [-0.05, 0) is 12.1 Å². The predicted molar refractivity (Wildman–Crippen MR) is 76.9 cm³/mol. The summed E-state index contributed by atoms with van der Waals surface area (Å²) in [4.78, 5) is 22.3. The normalized spacial score (nSPS) is 10.4. The first-order valence-corrected chi connectivity index (χ1v) is 6.26. The Hall–Kier alpha value is -2.61. The van der Waals surface area contributed by atoms with E-state index in [4.69, 9.17) is 17.3 Å². The highest BCUT2D eigenvalue weighted by Crippen LogP contribution is 2.23. The molecule has 0 fully saturated rings. The number of anilines is 1. The second-order valence-electron chi connectivity index (χ2n) is 4.28. The third kappa shape index (κ3) is 3.11. The van der Waals surface area contributed by atoms with E-state index >= 15 is 0 Å². The second kappa shape index (κ2) is 5.80. The zero-order valence-corrected chi connectivity index (χ0v) is 11.8. The summed E-state index contributed by atoms with van der Waals surface area (Å²) in [5.74, 6) is -0.164. The molecule has 0 unspecified atom stereocenters. The van der Waals surface area contributed by atoms with Crippen molar-refractivity contribution in [1.29, 1.82) is 0 Å². The average Bonchev–Trinajstić information content (AvgIpc) is 2.76. The molecule has 1 amide bonds. The van der Waals surface area contributed by atoms with Gasteiger partial charge in [0.15, 0.2) is 0 Å². The van der Waals surface area contributed by atoms with Gasteiger partial charge in [0, 0.05) is 30.2 Å². The Bertz CT molecular complexity index is 713. The molecule has 21 heavy (non-hydrogen) atoms. The van der Waals surface area contributed by atoms with Crippen LogP contribution < -0.4 is 11.1 Å². The Morgan fingerprint density at radius 1 is 1.57 bits per heavy atom. The number of carbonyl (C=O) groups excluding carboxylic acids is 1. The van der Waals surface area contributed by atoms with Crippen molar-refractivity contribution in [3.8, 4) is 0 Å². The van der Waals surface area contributed by atoms with Crippen LogP contribution in [0.5, 0.6) is 0 Å². The van der Waals surface area contributed by atoms with Crippen molar-refractivity contribution < 1.29 is 9.72 Å². The first kappa shape index (κ1) is 14.8. The molecular formula is C12H12ClN5O3. The lowest BCUT2D eigenvalue weighted by molar-refractivity contribution is -0.385. The quantitative estimate of drug-likeness (QED) is 0.655. The van der Waals surface area contributed by atoms with Crippen LogP contribution in [0.3, 0.4) is 0 Å². The fraction of sp³-hybridized carbons (Fsp3) is 0.167. The Morgan fingerprint density at radius 2 is 2.29 bits per heavy atom. The number of nitrogens with one attached hydrogen (secondary N) is 1. The zero-order chi connectivity index (χ0) is 15.6. The molecule has 2 rings (SSSR count). The molecule has 1 heterocycles. The van der Waals surface area contributed by atoms with E-state index in [2.05, 4.69) is 10.4 Å². The van der Waals surface area contributed by atoms with Crippen molar-refractivity contribution in [2.24, 2.45) is 7.05 Å². The van der Waals surface area contributed by atoms with Crippen LogP contribution in [0.4, 0.5) is 11.5 Å². The van der Waals surface area contributed by atoms with E-state index in [1.807, 2.05) is 0 Å². The van der Waals surface area contributed by atoms with Gasteiger partial charge in [-0.1, -0.05) is 11.6 Å². The highest BCUT2D eigenvalue weighted by molar-refractivity contribution is 6.31. The van der Waals surface area contributed by atoms with Gasteiger partial charge in [-0.3, -0.25) is 19.6 Å². The number of rotatable bonds is 4. The van der Waals surface area contributed by atoms with Crippen LogP contribution in [0.2, 0.25) is 5.02 Å². The van der Waals surface area contributed by atoms with Gasteiger partial charge in [-0.2, -0.15) is 5.10 Å². The maximum atomic E-state index is 12.0. The molecule has 0 radical (unpaired) electrons. The number of aromatic nitrogens is 2. The van der Waals surface area contributed by atoms with E-state index in [1.54, 1.807) is 7.05 Å². The minimum absolute atomic E-state index is 0.0631. The number of aryl methyl sites for hydroxylation is 1. The van der Waals surface area contributed by atoms with Crippen LogP contribution in [-0.4, -0.2) is 20.6 Å². The fourth-order valence-corrected chi connectivity index (χ4v) is 1.91. The third-order valence-electron chi connectivity index (χ3n) is 2.90. The number of hydrogen-bond donors (Lipinski definition) is 2. The molecule has 0 saturated heterocycles. The van der Waals surface area contributed by atoms with Crippen LogP contribution in [0.25, 0.3) is 0 Å². The van der Waals surface area contributed by atoms with E-state index < -0.39 is 10.8 Å². The summed E-state index contributed by atoms with van der Waals surface area (Å²) in [6.07, 6.45) is 1.52. The second-order valence-corrected chi connectivity index (χ2v) is 4.72. The predicted octanol–water partition coefficient (Wildman–Crippen LogP) is 1.49. The lowest BCUT2D eigenvalue weighted by atomic mass is 10.1. The number of nitrogens with two attached hydrogens (primary N) is 1. The van der Waals surface area contributed by atoms with Gasteiger partial charge in [0.1, 0.15) is 11.4 Å². The number of halogens is 1. The van der Waals surface area contributed by atoms with Crippen LogP contribution in [0, 0.1) is 10.1 Å². The topological polar surface area (TPSA) is 116 Å². The van der Waals surface area contributed by atoms with E-state index in [0.717, 1.165) is 6.07 Å². The van der Waals surface area contributed by atoms with Gasteiger partial charge in [-0.15, -0.1) is 0 Å². The first-order valence-electron chi connectivity index (χ1n) is 5.88. The monoisotopic (exact) mass is 309 g/mol. The van der Waals surface area contributed by atoms with E-state index in [-0.39, 0.29) is 22.8 Å². The summed E-state index contributed by atoms with van der Waals surface area (Å²) in [5.41, 5.74) is 5.97. The van der Waals surface area contributed by atoms with Crippen molar-refractivity contribution in [1.82, 2.24) is 15.1 Å². The Morgan fingerprint density at radius 3 is 2.86 bits per heavy atom. The molecule has 1 aromatic carbocycles. The largest absolute Gasteiger partial charge is 0.384 e. The number of nitro benzene ring substituents is 1. The molecule has 0 spiro atoms. The molecule has 2 aromatic rings. The van der Waals surface area contributed by atoms with Crippen LogP contribution in [0.1, 0.15) is 15.9 Å². The molecule has 0 aliphatic carbocycles. The molecule has 0 bridgehead atoms. The Labute approximate surface area is 124 Å². The first-order chi connectivity index (χ1) is 9.90. The van der Waals surface area contributed by atoms with E-state index in [0.29, 0.717) is 11.4 Å². The average molecular weight is 310 g/mol. The van der Waals surface area contributed by atoms with Gasteiger partial charge >= 0.3 is 0 Å². The minimum Gasteiger partial charge on any atom is -0.384 e. The maximum absolute atomic E-state index is 12.0. The maximum Gasteiger partial charge on any atom is 0.283 e. The van der Waals surface area contributed by atoms with Crippen molar-refractivity contribution in [2.75, 3.05) is 5.73 Å². The summed E-state index contributed by atoms with van der Waals surface area (Å²) in [7, 11) is 1.67. The van der Waals surface area contributed by atoms with Crippen LogP contribution >= 0.6 is 11.6 Å². The number of nitrogens with zero attached hydrogens (tertiary/aromatic N) is 3. The molecule has 110 valence electrons. The third-order valence-corrected chi connectivity index (χ3v) is 3.14. The van der Waals surface area contributed by atoms with Gasteiger partial charge in [0.05, 0.1) is 11.1 Å². The van der Waals surface area contributed by atoms with Crippen molar-refractivity contribution in [3.63, 3.8) is 0 Å². The highest BCUT2D eigenvalue weighted by atomic mass is 35.5. The van der Waals surface area contributed by atoms with Gasteiger partial charge in [0.2, 0.25) is 0 Å². The lowest BCUT2D eigenvalue weighted by Crippen LogP contribution is -2.24. The molecular weight excluding hydrogens is 298 g/mol. The summed E-state index contributed by atoms with van der Waals surface area (Å²) < 4.78 is 1.46. The van der Waals surface area contributed by atoms with Gasteiger partial charge in [-0.25, -0.2) is 0 Å². The molecule has 3 N–H and O–H groups in total. The number of amides is 1. The summed E-state index contributed by atoms with van der Waals surface area (Å²) in [5, 5.41) is 17.6. The number of benzene rings is 1. The molecule has 0 saturated carbocycles. The summed E-state index contributed by atoms with van der Waals surface area (Å²) in [6.45, 7) is 0.123. The van der Waals surface area contributed by atoms with Crippen LogP contribution in [-0.2, 0) is 13.6 Å². The van der Waals surface area contributed by atoms with Crippen molar-refractivity contribution in [3.05, 3.63) is 50.7 Å². The van der Waals surface area contributed by atoms with E-state index in [1.165, 1.54) is 23.0 Å². The number of nitro groups is 1.